The minimum absolute atomic E-state index is 0.0426. The molecule has 0 saturated heterocycles. The van der Waals surface area contributed by atoms with Crippen molar-refractivity contribution in [1.82, 2.24) is 4.72 Å². The van der Waals surface area contributed by atoms with Gasteiger partial charge in [0.05, 0.1) is 15.9 Å². The molecule has 4 aromatic rings. The normalized spacial score (nSPS) is 12.5. The van der Waals surface area contributed by atoms with E-state index in [-0.39, 0.29) is 16.3 Å². The molecule has 1 atom stereocenters. The summed E-state index contributed by atoms with van der Waals surface area (Å²) in [4.78, 5) is 10.2. The van der Waals surface area contributed by atoms with E-state index in [4.69, 9.17) is 0 Å². The van der Waals surface area contributed by atoms with Crippen LogP contribution < -0.4 is 4.72 Å². The second-order valence-corrected chi connectivity index (χ2v) is 8.65. The van der Waals surface area contributed by atoms with Gasteiger partial charge >= 0.3 is 0 Å². The average molecular weight is 434 g/mol. The van der Waals surface area contributed by atoms with Crippen molar-refractivity contribution < 1.29 is 18.4 Å². The summed E-state index contributed by atoms with van der Waals surface area (Å²) in [5.41, 5.74) is 0.861. The van der Waals surface area contributed by atoms with Crippen molar-refractivity contribution in [2.24, 2.45) is 0 Å². The van der Waals surface area contributed by atoms with Gasteiger partial charge in [-0.25, -0.2) is 8.42 Å². The molecule has 0 fully saturated rings. The number of nitro benzene ring substituents is 1. The summed E-state index contributed by atoms with van der Waals surface area (Å²) in [5, 5.41) is 23.1. The molecule has 31 heavy (non-hydrogen) atoms. The van der Waals surface area contributed by atoms with E-state index in [1.54, 1.807) is 30.3 Å². The van der Waals surface area contributed by atoms with Gasteiger partial charge in [0.15, 0.2) is 0 Å². The van der Waals surface area contributed by atoms with Crippen LogP contribution in [-0.2, 0) is 10.0 Å². The Balaban J connectivity index is 1.85. The van der Waals surface area contributed by atoms with Crippen molar-refractivity contribution >= 4 is 26.5 Å². The first kappa shape index (κ1) is 20.5. The predicted molar refractivity (Wildman–Crippen MR) is 117 cm³/mol. The van der Waals surface area contributed by atoms with E-state index in [9.17, 15) is 23.6 Å². The molecule has 4 aromatic carbocycles. The number of hydrogen-bond donors (Lipinski definition) is 2. The highest BCUT2D eigenvalue weighted by atomic mass is 32.2. The van der Waals surface area contributed by atoms with Crippen molar-refractivity contribution in [3.05, 3.63) is 112 Å². The molecule has 0 radical (unpaired) electrons. The summed E-state index contributed by atoms with van der Waals surface area (Å²) < 4.78 is 29.0. The van der Waals surface area contributed by atoms with E-state index in [1.165, 1.54) is 18.2 Å². The van der Waals surface area contributed by atoms with E-state index in [0.717, 1.165) is 17.5 Å². The van der Waals surface area contributed by atoms with Crippen molar-refractivity contribution in [1.29, 1.82) is 0 Å². The molecule has 0 unspecified atom stereocenters. The van der Waals surface area contributed by atoms with Crippen LogP contribution in [0.15, 0.2) is 95.9 Å². The summed E-state index contributed by atoms with van der Waals surface area (Å²) in [5.74, 6) is -0.0426. The SMILES string of the molecule is O=[N+]([O-])c1ccc(S(=O)(=O)N[C@@H](c2ccccc2)c2c(O)ccc3ccccc23)cc1. The fourth-order valence-corrected chi connectivity index (χ4v) is 4.69. The molecule has 8 heteroatoms. The van der Waals surface area contributed by atoms with Gasteiger partial charge in [-0.1, -0.05) is 60.7 Å². The number of nitrogens with one attached hydrogen (secondary N) is 1. The Morgan fingerprint density at radius 3 is 2.16 bits per heavy atom. The number of benzene rings is 4. The van der Waals surface area contributed by atoms with Gasteiger partial charge in [0.2, 0.25) is 10.0 Å². The molecule has 0 aliphatic heterocycles. The highest BCUT2D eigenvalue weighted by Gasteiger charge is 2.27. The predicted octanol–water partition coefficient (Wildman–Crippen LogP) is 4.52. The lowest BCUT2D eigenvalue weighted by Gasteiger charge is -2.22. The number of aromatic hydroxyl groups is 1. The topological polar surface area (TPSA) is 110 Å². The van der Waals surface area contributed by atoms with Crippen molar-refractivity contribution in [3.63, 3.8) is 0 Å². The molecule has 0 bridgehead atoms. The van der Waals surface area contributed by atoms with Crippen LogP contribution in [0, 0.1) is 10.1 Å². The van der Waals surface area contributed by atoms with Crippen molar-refractivity contribution in [2.75, 3.05) is 0 Å². The number of sulfonamides is 1. The Hall–Kier alpha value is -3.75. The molecule has 0 amide bonds. The van der Waals surface area contributed by atoms with Gasteiger partial charge in [0.1, 0.15) is 5.75 Å². The monoisotopic (exact) mass is 434 g/mol. The van der Waals surface area contributed by atoms with Crippen LogP contribution in [-0.4, -0.2) is 18.4 Å². The Morgan fingerprint density at radius 1 is 0.839 bits per heavy atom. The molecule has 0 aliphatic carbocycles. The van der Waals surface area contributed by atoms with Gasteiger partial charge in [-0.15, -0.1) is 0 Å². The zero-order valence-corrected chi connectivity index (χ0v) is 17.0. The second-order valence-electron chi connectivity index (χ2n) is 6.94. The molecule has 156 valence electrons. The number of nitrogens with zero attached hydrogens (tertiary/aromatic N) is 1. The Kier molecular flexibility index (Phi) is 5.41. The van der Waals surface area contributed by atoms with Crippen LogP contribution in [0.2, 0.25) is 0 Å². The number of phenols is 1. The van der Waals surface area contributed by atoms with Crippen LogP contribution in [0.5, 0.6) is 5.75 Å². The largest absolute Gasteiger partial charge is 0.508 e. The quantitative estimate of drug-likeness (QED) is 0.342. The van der Waals surface area contributed by atoms with Gasteiger partial charge in [-0.2, -0.15) is 4.72 Å². The summed E-state index contributed by atoms with van der Waals surface area (Å²) in [6, 6.07) is 23.4. The zero-order valence-electron chi connectivity index (χ0n) is 16.2. The first-order valence-corrected chi connectivity index (χ1v) is 10.9. The number of fused-ring (bicyclic) bond motifs is 1. The first-order valence-electron chi connectivity index (χ1n) is 9.39. The molecule has 7 nitrogen and oxygen atoms in total. The van der Waals surface area contributed by atoms with E-state index < -0.39 is 21.0 Å². The fourth-order valence-electron chi connectivity index (χ4n) is 3.50. The Bertz CT molecular complexity index is 1350. The molecule has 0 saturated carbocycles. The zero-order chi connectivity index (χ0) is 22.0. The van der Waals surface area contributed by atoms with Crippen LogP contribution in [0.4, 0.5) is 5.69 Å². The third-order valence-electron chi connectivity index (χ3n) is 5.00. The minimum atomic E-state index is -4.07. The lowest BCUT2D eigenvalue weighted by Crippen LogP contribution is -2.29. The van der Waals surface area contributed by atoms with Crippen LogP contribution in [0.3, 0.4) is 0 Å². The molecule has 0 aromatic heterocycles. The van der Waals surface area contributed by atoms with Crippen molar-refractivity contribution in [3.8, 4) is 5.75 Å². The highest BCUT2D eigenvalue weighted by molar-refractivity contribution is 7.89. The third-order valence-corrected chi connectivity index (χ3v) is 6.44. The first-order chi connectivity index (χ1) is 14.9. The molecule has 0 heterocycles. The van der Waals surface area contributed by atoms with E-state index in [2.05, 4.69) is 4.72 Å². The summed E-state index contributed by atoms with van der Waals surface area (Å²) in [7, 11) is -4.07. The van der Waals surface area contributed by atoms with Crippen LogP contribution >= 0.6 is 0 Å². The van der Waals surface area contributed by atoms with Gasteiger partial charge < -0.3 is 5.11 Å². The second kappa shape index (κ2) is 8.17. The molecule has 0 aliphatic rings. The molecule has 2 N–H and O–H groups in total. The lowest BCUT2D eigenvalue weighted by atomic mass is 9.93. The lowest BCUT2D eigenvalue weighted by molar-refractivity contribution is -0.384. The average Bonchev–Trinajstić information content (AvgIpc) is 2.78. The van der Waals surface area contributed by atoms with E-state index in [1.807, 2.05) is 30.3 Å². The Morgan fingerprint density at radius 2 is 1.48 bits per heavy atom. The van der Waals surface area contributed by atoms with E-state index in [0.29, 0.717) is 16.5 Å². The van der Waals surface area contributed by atoms with Gasteiger partial charge in [-0.3, -0.25) is 10.1 Å². The summed E-state index contributed by atoms with van der Waals surface area (Å²) >= 11 is 0. The summed E-state index contributed by atoms with van der Waals surface area (Å²) in [6.07, 6.45) is 0. The van der Waals surface area contributed by atoms with Gasteiger partial charge in [0.25, 0.3) is 5.69 Å². The maximum absolute atomic E-state index is 13.2. The van der Waals surface area contributed by atoms with Gasteiger partial charge in [-0.05, 0) is 34.5 Å². The number of phenolic OH excluding ortho intramolecular Hbond substituents is 1. The minimum Gasteiger partial charge on any atom is -0.508 e. The number of nitro groups is 1. The maximum atomic E-state index is 13.2. The number of hydrogen-bond acceptors (Lipinski definition) is 5. The number of non-ortho nitro benzene ring substituents is 1. The van der Waals surface area contributed by atoms with Crippen molar-refractivity contribution in [2.45, 2.75) is 10.9 Å². The van der Waals surface area contributed by atoms with Crippen LogP contribution in [0.25, 0.3) is 10.8 Å². The molecule has 4 rings (SSSR count). The molecular weight excluding hydrogens is 416 g/mol. The standard InChI is InChI=1S/C23H18N2O5S/c26-21-15-10-16-6-4-5-9-20(16)22(21)23(17-7-2-1-3-8-17)24-31(29,30)19-13-11-18(12-14-19)25(27)28/h1-15,23-24,26H/t23-/m0/s1. The maximum Gasteiger partial charge on any atom is 0.269 e. The summed E-state index contributed by atoms with van der Waals surface area (Å²) in [6.45, 7) is 0. The highest BCUT2D eigenvalue weighted by Crippen LogP contribution is 2.36. The Labute approximate surface area is 178 Å². The third kappa shape index (κ3) is 4.11. The number of rotatable bonds is 6. The van der Waals surface area contributed by atoms with E-state index >= 15 is 0 Å². The van der Waals surface area contributed by atoms with Crippen LogP contribution in [0.1, 0.15) is 17.2 Å². The van der Waals surface area contributed by atoms with Gasteiger partial charge in [0, 0.05) is 17.7 Å². The molecule has 0 spiro atoms. The fraction of sp³-hybridized carbons (Fsp3) is 0.0435. The smallest absolute Gasteiger partial charge is 0.269 e. The molecular formula is C23H18N2O5S.